The van der Waals surface area contributed by atoms with Gasteiger partial charge in [0.2, 0.25) is 0 Å². The number of ether oxygens (including phenoxy) is 2. The molecule has 0 bridgehead atoms. The van der Waals surface area contributed by atoms with Crippen molar-refractivity contribution in [2.45, 2.75) is 25.5 Å². The van der Waals surface area contributed by atoms with Crippen LogP contribution in [0.15, 0.2) is 49.2 Å². The lowest BCUT2D eigenvalue weighted by atomic mass is 10.1. The number of methoxy groups -OCH3 is 1. The number of benzene rings is 1. The van der Waals surface area contributed by atoms with Crippen LogP contribution in [0.4, 0.5) is 20.3 Å². The summed E-state index contributed by atoms with van der Waals surface area (Å²) in [5.41, 5.74) is 2.48. The summed E-state index contributed by atoms with van der Waals surface area (Å²) in [7, 11) is 3.26. The number of alkyl halides is 2. The summed E-state index contributed by atoms with van der Waals surface area (Å²) in [6, 6.07) is 6.74. The molecule has 176 valence electrons. The maximum absolute atomic E-state index is 13.2. The van der Waals surface area contributed by atoms with Gasteiger partial charge in [0, 0.05) is 42.8 Å². The summed E-state index contributed by atoms with van der Waals surface area (Å²) in [4.78, 5) is 21.4. The van der Waals surface area contributed by atoms with Crippen molar-refractivity contribution >= 4 is 23.1 Å². The maximum atomic E-state index is 13.2. The molecule has 4 aromatic rings. The van der Waals surface area contributed by atoms with Gasteiger partial charge in [-0.05, 0) is 31.0 Å². The average molecular weight is 468 g/mol. The topological polar surface area (TPSA) is 94.7 Å². The third kappa shape index (κ3) is 4.36. The molecule has 0 unspecified atom stereocenters. The van der Waals surface area contributed by atoms with Gasteiger partial charge < -0.3 is 24.7 Å². The van der Waals surface area contributed by atoms with Crippen molar-refractivity contribution in [3.05, 3.63) is 54.7 Å². The SMILES string of the molecule is COc1cc(-c2cnc3cc(Nc4cn(C)cn4)ccn23)cc(OC(F)F)c1C(=O)NC1CC1. The highest BCUT2D eigenvalue weighted by molar-refractivity contribution is 6.01. The minimum Gasteiger partial charge on any atom is -0.496 e. The first-order chi connectivity index (χ1) is 16.4. The summed E-state index contributed by atoms with van der Waals surface area (Å²) in [5.74, 6) is 0.0581. The minimum absolute atomic E-state index is 0.0453. The molecule has 0 spiro atoms. The lowest BCUT2D eigenvalue weighted by Crippen LogP contribution is -2.26. The number of fused-ring (bicyclic) bond motifs is 1. The van der Waals surface area contributed by atoms with E-state index >= 15 is 0 Å². The van der Waals surface area contributed by atoms with Crippen LogP contribution in [0.25, 0.3) is 16.9 Å². The predicted molar refractivity (Wildman–Crippen MR) is 121 cm³/mol. The van der Waals surface area contributed by atoms with Crippen molar-refractivity contribution in [3.8, 4) is 22.8 Å². The fraction of sp³-hybridized carbons (Fsp3) is 0.261. The normalized spacial score (nSPS) is 13.3. The molecule has 1 saturated carbocycles. The Hall–Kier alpha value is -4.15. The third-order valence-electron chi connectivity index (χ3n) is 5.43. The van der Waals surface area contributed by atoms with Crippen molar-refractivity contribution < 1.29 is 23.0 Å². The van der Waals surface area contributed by atoms with Crippen molar-refractivity contribution in [1.29, 1.82) is 0 Å². The predicted octanol–water partition coefficient (Wildman–Crippen LogP) is 3.98. The van der Waals surface area contributed by atoms with Crippen molar-refractivity contribution in [3.63, 3.8) is 0 Å². The zero-order valence-corrected chi connectivity index (χ0v) is 18.5. The number of nitrogens with zero attached hydrogens (tertiary/aromatic N) is 4. The molecule has 9 nitrogen and oxygen atoms in total. The van der Waals surface area contributed by atoms with E-state index in [-0.39, 0.29) is 23.1 Å². The van der Waals surface area contributed by atoms with E-state index in [1.54, 1.807) is 29.2 Å². The molecule has 1 fully saturated rings. The Morgan fingerprint density at radius 3 is 2.68 bits per heavy atom. The molecule has 0 atom stereocenters. The van der Waals surface area contributed by atoms with Crippen LogP contribution in [0.2, 0.25) is 0 Å². The summed E-state index contributed by atoms with van der Waals surface area (Å²) >= 11 is 0. The lowest BCUT2D eigenvalue weighted by Gasteiger charge is -2.16. The summed E-state index contributed by atoms with van der Waals surface area (Å²) in [6.07, 6.45) is 8.67. The molecule has 5 rings (SSSR count). The Bertz CT molecular complexity index is 1360. The largest absolute Gasteiger partial charge is 0.496 e. The maximum Gasteiger partial charge on any atom is 0.387 e. The quantitative estimate of drug-likeness (QED) is 0.406. The van der Waals surface area contributed by atoms with Gasteiger partial charge >= 0.3 is 6.61 Å². The first-order valence-electron chi connectivity index (χ1n) is 10.6. The first-order valence-corrected chi connectivity index (χ1v) is 10.6. The fourth-order valence-corrected chi connectivity index (χ4v) is 3.69. The first kappa shape index (κ1) is 21.7. The van der Waals surface area contributed by atoms with Gasteiger partial charge in [0.15, 0.2) is 0 Å². The molecule has 1 aliphatic carbocycles. The molecular weight excluding hydrogens is 446 g/mol. The van der Waals surface area contributed by atoms with Gasteiger partial charge in [-0.2, -0.15) is 8.78 Å². The van der Waals surface area contributed by atoms with Crippen molar-refractivity contribution in [1.82, 2.24) is 24.3 Å². The number of pyridine rings is 1. The fourth-order valence-electron chi connectivity index (χ4n) is 3.69. The van der Waals surface area contributed by atoms with Crippen LogP contribution in [0.1, 0.15) is 23.2 Å². The zero-order chi connectivity index (χ0) is 23.8. The van der Waals surface area contributed by atoms with Gasteiger partial charge in [0.1, 0.15) is 28.5 Å². The van der Waals surface area contributed by atoms with E-state index in [4.69, 9.17) is 9.47 Å². The molecule has 1 aliphatic rings. The van der Waals surface area contributed by atoms with Crippen LogP contribution in [0.3, 0.4) is 0 Å². The Labute approximate surface area is 193 Å². The number of hydrogen-bond donors (Lipinski definition) is 2. The number of rotatable bonds is 8. The molecule has 3 heterocycles. The molecule has 11 heteroatoms. The van der Waals surface area contributed by atoms with Gasteiger partial charge in [0.25, 0.3) is 5.91 Å². The van der Waals surface area contributed by atoms with Crippen LogP contribution in [-0.2, 0) is 7.05 Å². The summed E-state index contributed by atoms with van der Waals surface area (Å²) in [6.45, 7) is -3.10. The number of nitrogens with one attached hydrogen (secondary N) is 2. The second kappa shape index (κ2) is 8.65. The monoisotopic (exact) mass is 468 g/mol. The Balaban J connectivity index is 1.52. The highest BCUT2D eigenvalue weighted by Gasteiger charge is 2.29. The second-order valence-corrected chi connectivity index (χ2v) is 8.01. The Morgan fingerprint density at radius 1 is 1.21 bits per heavy atom. The van der Waals surface area contributed by atoms with E-state index in [9.17, 15) is 13.6 Å². The van der Waals surface area contributed by atoms with Crippen LogP contribution >= 0.6 is 0 Å². The van der Waals surface area contributed by atoms with Gasteiger partial charge in [-0.3, -0.25) is 9.20 Å². The van der Waals surface area contributed by atoms with Crippen molar-refractivity contribution in [2.75, 3.05) is 12.4 Å². The van der Waals surface area contributed by atoms with E-state index in [0.717, 1.165) is 18.5 Å². The number of hydrogen-bond acceptors (Lipinski definition) is 6. The average Bonchev–Trinajstić information content (AvgIpc) is 3.36. The smallest absolute Gasteiger partial charge is 0.387 e. The molecule has 0 radical (unpaired) electrons. The van der Waals surface area contributed by atoms with E-state index in [0.29, 0.717) is 22.7 Å². The lowest BCUT2D eigenvalue weighted by molar-refractivity contribution is -0.0502. The van der Waals surface area contributed by atoms with Gasteiger partial charge in [-0.1, -0.05) is 0 Å². The molecular formula is C23H22F2N6O3. The number of amides is 1. The van der Waals surface area contributed by atoms with Crippen LogP contribution in [0.5, 0.6) is 11.5 Å². The molecule has 1 amide bonds. The number of carbonyl (C=O) groups is 1. The number of imidazole rings is 2. The number of carbonyl (C=O) groups excluding carboxylic acids is 1. The summed E-state index contributed by atoms with van der Waals surface area (Å²) < 4.78 is 40.2. The molecule has 3 aromatic heterocycles. The second-order valence-electron chi connectivity index (χ2n) is 8.01. The number of aromatic nitrogens is 4. The minimum atomic E-state index is -3.10. The molecule has 0 aliphatic heterocycles. The standard InChI is InChI=1S/C23H22F2N6O3/c1-30-11-19(27-12-30)28-15-5-6-31-16(10-26-20(31)9-15)13-7-17(33-2)21(18(8-13)34-23(24)25)22(32)29-14-3-4-14/h5-12,14,23,28H,3-4H2,1-2H3,(H,29,32). The molecule has 0 saturated heterocycles. The van der Waals surface area contributed by atoms with Crippen LogP contribution in [-0.4, -0.2) is 44.6 Å². The van der Waals surface area contributed by atoms with E-state index in [1.807, 2.05) is 29.9 Å². The molecule has 2 N–H and O–H groups in total. The van der Waals surface area contributed by atoms with Crippen LogP contribution < -0.4 is 20.1 Å². The highest BCUT2D eigenvalue weighted by Crippen LogP contribution is 2.37. The van der Waals surface area contributed by atoms with Gasteiger partial charge in [-0.15, -0.1) is 0 Å². The van der Waals surface area contributed by atoms with Crippen molar-refractivity contribution in [2.24, 2.45) is 7.05 Å². The van der Waals surface area contributed by atoms with Gasteiger partial charge in [-0.25, -0.2) is 9.97 Å². The summed E-state index contributed by atoms with van der Waals surface area (Å²) in [5, 5.41) is 6.00. The van der Waals surface area contributed by atoms with E-state index in [1.165, 1.54) is 13.2 Å². The number of anilines is 2. The Morgan fingerprint density at radius 2 is 2.00 bits per heavy atom. The van der Waals surface area contributed by atoms with E-state index < -0.39 is 12.5 Å². The third-order valence-corrected chi connectivity index (χ3v) is 5.43. The Kier molecular flexibility index (Phi) is 5.52. The van der Waals surface area contributed by atoms with Crippen LogP contribution in [0, 0.1) is 0 Å². The molecule has 1 aromatic carbocycles. The van der Waals surface area contributed by atoms with Gasteiger partial charge in [0.05, 0.1) is 25.3 Å². The van der Waals surface area contributed by atoms with E-state index in [2.05, 4.69) is 20.6 Å². The highest BCUT2D eigenvalue weighted by atomic mass is 19.3. The number of halogens is 2. The zero-order valence-electron chi connectivity index (χ0n) is 18.5. The number of aryl methyl sites for hydroxylation is 1. The molecule has 34 heavy (non-hydrogen) atoms.